The van der Waals surface area contributed by atoms with Crippen LogP contribution in [-0.2, 0) is 13.1 Å². The van der Waals surface area contributed by atoms with Crippen molar-refractivity contribution >= 4 is 21.8 Å². The van der Waals surface area contributed by atoms with Gasteiger partial charge >= 0.3 is 0 Å². The lowest BCUT2D eigenvalue weighted by Gasteiger charge is -2.20. The van der Waals surface area contributed by atoms with Crippen LogP contribution < -0.4 is 21.8 Å². The summed E-state index contributed by atoms with van der Waals surface area (Å²) in [6.45, 7) is 13.3. The first-order valence-corrected chi connectivity index (χ1v) is 16.8. The van der Waals surface area contributed by atoms with Gasteiger partial charge in [-0.25, -0.2) is 9.97 Å². The molecule has 2 aromatic heterocycles. The second kappa shape index (κ2) is 16.3. The molecule has 0 bridgehead atoms. The van der Waals surface area contributed by atoms with Gasteiger partial charge in [-0.1, -0.05) is 106 Å². The first-order valence-electron chi connectivity index (χ1n) is 16.8. The molecule has 0 amide bonds. The van der Waals surface area contributed by atoms with Crippen LogP contribution in [0.15, 0.2) is 119 Å². The molecular formula is C40H46N6O2. The van der Waals surface area contributed by atoms with E-state index < -0.39 is 0 Å². The minimum absolute atomic E-state index is 0.00317. The van der Waals surface area contributed by atoms with Crippen LogP contribution in [0.5, 0.6) is 0 Å². The van der Waals surface area contributed by atoms with Gasteiger partial charge in [0.15, 0.2) is 0 Å². The summed E-state index contributed by atoms with van der Waals surface area (Å²) >= 11 is 0. The van der Waals surface area contributed by atoms with E-state index in [1.807, 2.05) is 116 Å². The second-order valence-corrected chi connectivity index (χ2v) is 12.5. The summed E-state index contributed by atoms with van der Waals surface area (Å²) in [5.41, 5.74) is 3.73. The highest BCUT2D eigenvalue weighted by Gasteiger charge is 2.18. The lowest BCUT2D eigenvalue weighted by Crippen LogP contribution is -2.32. The normalized spacial score (nSPS) is 12.5. The van der Waals surface area contributed by atoms with Crippen molar-refractivity contribution in [2.45, 2.75) is 59.8 Å². The molecule has 2 unspecified atom stereocenters. The van der Waals surface area contributed by atoms with Crippen LogP contribution in [0.4, 0.5) is 0 Å². The molecule has 6 aromatic rings. The van der Waals surface area contributed by atoms with E-state index in [0.29, 0.717) is 29.8 Å². The molecule has 0 aliphatic carbocycles. The van der Waals surface area contributed by atoms with Crippen LogP contribution in [0.25, 0.3) is 21.8 Å². The van der Waals surface area contributed by atoms with E-state index in [0.717, 1.165) is 46.9 Å². The highest BCUT2D eigenvalue weighted by molar-refractivity contribution is 5.78. The molecule has 48 heavy (non-hydrogen) atoms. The second-order valence-electron chi connectivity index (χ2n) is 12.5. The van der Waals surface area contributed by atoms with Gasteiger partial charge in [-0.2, -0.15) is 0 Å². The number of aromatic nitrogens is 4. The van der Waals surface area contributed by atoms with Crippen molar-refractivity contribution < 1.29 is 0 Å². The Balaban J connectivity index is 0.000000188. The predicted octanol–water partition coefficient (Wildman–Crippen LogP) is 6.87. The zero-order valence-corrected chi connectivity index (χ0v) is 28.6. The first kappa shape index (κ1) is 34.4. The standard InChI is InChI=1S/C21H25N3O.C19H21N3O/c1-15(2)13-22-16(3)20-23-19-12-8-7-11-18(19)21(25)24(20)14-17-9-5-4-6-10-17;1-3-20-14(2)18-21-17-12-8-7-11-16(17)19(23)22(18)13-15-9-5-4-6-10-15/h4-12,15-16,22H,13-14H2,1-3H3;4-12,14,20H,3,13H2,1-2H3. The smallest absolute Gasteiger partial charge is 0.261 e. The molecule has 2 N–H and O–H groups in total. The third-order valence-corrected chi connectivity index (χ3v) is 8.27. The zero-order chi connectivity index (χ0) is 34.0. The SMILES string of the molecule is CC(C)CNC(C)c1nc2ccccc2c(=O)n1Cc1ccccc1.CCNC(C)c1nc2ccccc2c(=O)n1Cc1ccccc1. The summed E-state index contributed by atoms with van der Waals surface area (Å²) in [6.07, 6.45) is 0. The molecule has 0 fully saturated rings. The van der Waals surface area contributed by atoms with Crippen LogP contribution in [-0.4, -0.2) is 32.2 Å². The average Bonchev–Trinajstić information content (AvgIpc) is 3.11. The minimum atomic E-state index is 0.00317. The largest absolute Gasteiger partial charge is 0.308 e. The fourth-order valence-corrected chi connectivity index (χ4v) is 5.77. The molecule has 0 radical (unpaired) electrons. The van der Waals surface area contributed by atoms with E-state index >= 15 is 0 Å². The highest BCUT2D eigenvalue weighted by Crippen LogP contribution is 2.17. The van der Waals surface area contributed by atoms with E-state index in [1.54, 1.807) is 9.13 Å². The lowest BCUT2D eigenvalue weighted by molar-refractivity contribution is 0.463. The van der Waals surface area contributed by atoms with Crippen molar-refractivity contribution in [2.75, 3.05) is 13.1 Å². The van der Waals surface area contributed by atoms with Crippen LogP contribution >= 0.6 is 0 Å². The van der Waals surface area contributed by atoms with Gasteiger partial charge in [-0.3, -0.25) is 18.7 Å². The average molecular weight is 643 g/mol. The van der Waals surface area contributed by atoms with Crippen LogP contribution in [0.2, 0.25) is 0 Å². The quantitative estimate of drug-likeness (QED) is 0.160. The Morgan fingerprint density at radius 3 is 1.38 bits per heavy atom. The molecule has 2 atom stereocenters. The third kappa shape index (κ3) is 8.32. The molecule has 8 heteroatoms. The Morgan fingerprint density at radius 2 is 0.958 bits per heavy atom. The highest BCUT2D eigenvalue weighted by atomic mass is 16.1. The molecule has 4 aromatic carbocycles. The summed E-state index contributed by atoms with van der Waals surface area (Å²) in [7, 11) is 0. The summed E-state index contributed by atoms with van der Waals surface area (Å²) in [5, 5.41) is 8.18. The Kier molecular flexibility index (Phi) is 11.7. The first-order chi connectivity index (χ1) is 23.3. The van der Waals surface area contributed by atoms with Gasteiger partial charge in [0.05, 0.1) is 47.0 Å². The Morgan fingerprint density at radius 1 is 0.562 bits per heavy atom. The number of fused-ring (bicyclic) bond motifs is 2. The lowest BCUT2D eigenvalue weighted by atomic mass is 10.1. The summed E-state index contributed by atoms with van der Waals surface area (Å²) in [6, 6.07) is 35.2. The number of nitrogens with one attached hydrogen (secondary N) is 2. The Labute approximate surface area is 282 Å². The number of para-hydroxylation sites is 2. The molecule has 8 nitrogen and oxygen atoms in total. The van der Waals surface area contributed by atoms with Crippen molar-refractivity contribution in [1.82, 2.24) is 29.7 Å². The molecule has 2 heterocycles. The van der Waals surface area contributed by atoms with Crippen molar-refractivity contribution in [3.05, 3.63) is 153 Å². The van der Waals surface area contributed by atoms with Crippen LogP contribution in [0.1, 0.15) is 69.5 Å². The van der Waals surface area contributed by atoms with Crippen molar-refractivity contribution in [1.29, 1.82) is 0 Å². The van der Waals surface area contributed by atoms with Gasteiger partial charge in [0.25, 0.3) is 11.1 Å². The van der Waals surface area contributed by atoms with E-state index in [1.165, 1.54) is 0 Å². The van der Waals surface area contributed by atoms with E-state index in [-0.39, 0.29) is 23.2 Å². The number of hydrogen-bond acceptors (Lipinski definition) is 6. The molecule has 0 saturated heterocycles. The Bertz CT molecular complexity index is 2050. The van der Waals surface area contributed by atoms with Gasteiger partial charge in [-0.05, 0) is 68.2 Å². The van der Waals surface area contributed by atoms with Crippen molar-refractivity contribution in [3.63, 3.8) is 0 Å². The van der Waals surface area contributed by atoms with Gasteiger partial charge in [0.1, 0.15) is 11.6 Å². The van der Waals surface area contributed by atoms with Crippen molar-refractivity contribution in [2.24, 2.45) is 5.92 Å². The summed E-state index contributed by atoms with van der Waals surface area (Å²) in [4.78, 5) is 35.6. The van der Waals surface area contributed by atoms with Crippen molar-refractivity contribution in [3.8, 4) is 0 Å². The van der Waals surface area contributed by atoms with E-state index in [2.05, 4.69) is 38.3 Å². The molecule has 0 aliphatic rings. The summed E-state index contributed by atoms with van der Waals surface area (Å²) < 4.78 is 3.58. The van der Waals surface area contributed by atoms with Crippen LogP contribution in [0.3, 0.4) is 0 Å². The minimum Gasteiger partial charge on any atom is -0.308 e. The number of hydrogen-bond donors (Lipinski definition) is 2. The predicted molar refractivity (Wildman–Crippen MR) is 196 cm³/mol. The fourth-order valence-electron chi connectivity index (χ4n) is 5.77. The van der Waals surface area contributed by atoms with Gasteiger partial charge < -0.3 is 10.6 Å². The zero-order valence-electron chi connectivity index (χ0n) is 28.6. The Hall–Kier alpha value is -4.92. The number of nitrogens with zero attached hydrogens (tertiary/aromatic N) is 4. The molecule has 248 valence electrons. The number of benzene rings is 4. The molecule has 0 spiro atoms. The van der Waals surface area contributed by atoms with Crippen LogP contribution in [0, 0.1) is 5.92 Å². The molecule has 0 saturated carbocycles. The van der Waals surface area contributed by atoms with E-state index in [9.17, 15) is 9.59 Å². The third-order valence-electron chi connectivity index (χ3n) is 8.27. The van der Waals surface area contributed by atoms with Gasteiger partial charge in [-0.15, -0.1) is 0 Å². The van der Waals surface area contributed by atoms with Gasteiger partial charge in [0.2, 0.25) is 0 Å². The molecular weight excluding hydrogens is 596 g/mol. The maximum absolute atomic E-state index is 13.1. The molecule has 6 rings (SSSR count). The monoisotopic (exact) mass is 642 g/mol. The fraction of sp³-hybridized carbons (Fsp3) is 0.300. The maximum Gasteiger partial charge on any atom is 0.261 e. The maximum atomic E-state index is 13.1. The van der Waals surface area contributed by atoms with E-state index in [4.69, 9.17) is 9.97 Å². The topological polar surface area (TPSA) is 93.8 Å². The number of rotatable bonds is 11. The van der Waals surface area contributed by atoms with Gasteiger partial charge in [0, 0.05) is 0 Å². The summed E-state index contributed by atoms with van der Waals surface area (Å²) in [5.74, 6) is 2.10. The molecule has 0 aliphatic heterocycles.